The van der Waals surface area contributed by atoms with E-state index < -0.39 is 0 Å². The minimum atomic E-state index is 0.247. The molecule has 1 rings (SSSR count). The molecule has 1 unspecified atom stereocenters. The number of rotatable bonds is 3. The highest BCUT2D eigenvalue weighted by molar-refractivity contribution is 5.09. The lowest BCUT2D eigenvalue weighted by atomic mass is 10.1. The van der Waals surface area contributed by atoms with E-state index in [9.17, 15) is 0 Å². The van der Waals surface area contributed by atoms with Crippen molar-refractivity contribution in [2.24, 2.45) is 5.73 Å². The second-order valence-electron chi connectivity index (χ2n) is 2.85. The zero-order chi connectivity index (χ0) is 8.27. The van der Waals surface area contributed by atoms with Crippen LogP contribution in [0.5, 0.6) is 0 Å². The number of aromatic nitrogens is 2. The topological polar surface area (TPSA) is 54.7 Å². The Balaban J connectivity index is 2.56. The molecule has 1 heterocycles. The molecule has 62 valence electrons. The number of nitrogens with one attached hydrogen (secondary N) is 1. The summed E-state index contributed by atoms with van der Waals surface area (Å²) < 4.78 is 0. The highest BCUT2D eigenvalue weighted by Crippen LogP contribution is 2.04. The monoisotopic (exact) mass is 153 g/mol. The summed E-state index contributed by atoms with van der Waals surface area (Å²) in [7, 11) is 0. The molecule has 1 atom stereocenters. The highest BCUT2D eigenvalue weighted by atomic mass is 14.9. The molecule has 11 heavy (non-hydrogen) atoms. The van der Waals surface area contributed by atoms with Gasteiger partial charge in [0.15, 0.2) is 0 Å². The van der Waals surface area contributed by atoms with Crippen LogP contribution >= 0.6 is 0 Å². The summed E-state index contributed by atoms with van der Waals surface area (Å²) in [4.78, 5) is 7.20. The fourth-order valence-corrected chi connectivity index (χ4v) is 0.986. The van der Waals surface area contributed by atoms with Crippen molar-refractivity contribution in [2.45, 2.75) is 32.7 Å². The first-order chi connectivity index (χ1) is 5.24. The SMILES string of the molecule is CCC(N)Cc1nc[nH]c1C. The van der Waals surface area contributed by atoms with E-state index in [2.05, 4.69) is 16.9 Å². The molecule has 3 N–H and O–H groups in total. The summed E-state index contributed by atoms with van der Waals surface area (Å²) in [5, 5.41) is 0. The zero-order valence-corrected chi connectivity index (χ0v) is 7.09. The maximum Gasteiger partial charge on any atom is 0.0925 e. The van der Waals surface area contributed by atoms with E-state index in [0.29, 0.717) is 0 Å². The maximum atomic E-state index is 5.78. The number of hydrogen-bond acceptors (Lipinski definition) is 2. The lowest BCUT2D eigenvalue weighted by molar-refractivity contribution is 0.636. The zero-order valence-electron chi connectivity index (χ0n) is 7.09. The molecule has 0 spiro atoms. The fraction of sp³-hybridized carbons (Fsp3) is 0.625. The lowest BCUT2D eigenvalue weighted by Crippen LogP contribution is -2.21. The quantitative estimate of drug-likeness (QED) is 0.680. The summed E-state index contributed by atoms with van der Waals surface area (Å²) in [6.07, 6.45) is 3.60. The van der Waals surface area contributed by atoms with E-state index in [0.717, 1.165) is 24.2 Å². The van der Waals surface area contributed by atoms with E-state index in [4.69, 9.17) is 5.73 Å². The number of aromatic amines is 1. The third-order valence-electron chi connectivity index (χ3n) is 1.91. The summed E-state index contributed by atoms with van der Waals surface area (Å²) in [5.41, 5.74) is 8.01. The van der Waals surface area contributed by atoms with E-state index in [1.807, 2.05) is 6.92 Å². The standard InChI is InChI=1S/C8H15N3/c1-3-7(9)4-8-6(2)10-5-11-8/h5,7H,3-4,9H2,1-2H3,(H,10,11). The molecule has 0 amide bonds. The van der Waals surface area contributed by atoms with Gasteiger partial charge in [0.1, 0.15) is 0 Å². The van der Waals surface area contributed by atoms with Crippen molar-refractivity contribution in [3.8, 4) is 0 Å². The van der Waals surface area contributed by atoms with Gasteiger partial charge in [-0.25, -0.2) is 4.98 Å². The Morgan fingerprint density at radius 1 is 1.73 bits per heavy atom. The molecule has 0 fully saturated rings. The van der Waals surface area contributed by atoms with Crippen LogP contribution < -0.4 is 5.73 Å². The van der Waals surface area contributed by atoms with E-state index in [1.165, 1.54) is 0 Å². The van der Waals surface area contributed by atoms with Gasteiger partial charge in [0, 0.05) is 18.2 Å². The van der Waals surface area contributed by atoms with Crippen LogP contribution in [0.1, 0.15) is 24.7 Å². The Labute approximate surface area is 67.0 Å². The molecule has 3 nitrogen and oxygen atoms in total. The van der Waals surface area contributed by atoms with Gasteiger partial charge in [0.2, 0.25) is 0 Å². The number of nitrogens with zero attached hydrogens (tertiary/aromatic N) is 1. The van der Waals surface area contributed by atoms with Crippen molar-refractivity contribution < 1.29 is 0 Å². The van der Waals surface area contributed by atoms with E-state index >= 15 is 0 Å². The molecule has 0 aromatic carbocycles. The maximum absolute atomic E-state index is 5.78. The Bertz CT molecular complexity index is 217. The van der Waals surface area contributed by atoms with Crippen LogP contribution in [0.2, 0.25) is 0 Å². The smallest absolute Gasteiger partial charge is 0.0925 e. The Morgan fingerprint density at radius 3 is 2.91 bits per heavy atom. The van der Waals surface area contributed by atoms with Crippen molar-refractivity contribution >= 4 is 0 Å². The second kappa shape index (κ2) is 3.53. The van der Waals surface area contributed by atoms with Gasteiger partial charge in [-0.1, -0.05) is 6.92 Å². The van der Waals surface area contributed by atoms with Gasteiger partial charge in [-0.3, -0.25) is 0 Å². The largest absolute Gasteiger partial charge is 0.348 e. The first-order valence-corrected chi connectivity index (χ1v) is 3.98. The molecule has 3 heteroatoms. The summed E-state index contributed by atoms with van der Waals surface area (Å²) in [6.45, 7) is 4.11. The fourth-order valence-electron chi connectivity index (χ4n) is 0.986. The first kappa shape index (κ1) is 8.27. The lowest BCUT2D eigenvalue weighted by Gasteiger charge is -2.05. The van der Waals surface area contributed by atoms with Gasteiger partial charge in [0.25, 0.3) is 0 Å². The van der Waals surface area contributed by atoms with Gasteiger partial charge in [-0.15, -0.1) is 0 Å². The molecule has 0 bridgehead atoms. The normalized spacial score (nSPS) is 13.4. The predicted octanol–water partition coefficient (Wildman–Crippen LogP) is 0.998. The number of aryl methyl sites for hydroxylation is 1. The summed E-state index contributed by atoms with van der Waals surface area (Å²) in [6, 6.07) is 0.247. The van der Waals surface area contributed by atoms with Crippen molar-refractivity contribution in [1.82, 2.24) is 9.97 Å². The number of nitrogens with two attached hydrogens (primary N) is 1. The average Bonchev–Trinajstić information content (AvgIpc) is 2.37. The van der Waals surface area contributed by atoms with Gasteiger partial charge in [-0.05, 0) is 13.3 Å². The molecule has 0 aliphatic carbocycles. The first-order valence-electron chi connectivity index (χ1n) is 3.98. The minimum absolute atomic E-state index is 0.247. The number of hydrogen-bond donors (Lipinski definition) is 2. The van der Waals surface area contributed by atoms with Gasteiger partial charge in [0.05, 0.1) is 12.0 Å². The molecule has 1 aromatic rings. The Kier molecular flexibility index (Phi) is 2.65. The Hall–Kier alpha value is -0.830. The van der Waals surface area contributed by atoms with Crippen molar-refractivity contribution in [1.29, 1.82) is 0 Å². The highest BCUT2D eigenvalue weighted by Gasteiger charge is 2.05. The molecule has 0 radical (unpaired) electrons. The van der Waals surface area contributed by atoms with Crippen LogP contribution in [0.3, 0.4) is 0 Å². The van der Waals surface area contributed by atoms with Crippen LogP contribution in [-0.2, 0) is 6.42 Å². The van der Waals surface area contributed by atoms with Gasteiger partial charge >= 0.3 is 0 Å². The molecule has 0 saturated heterocycles. The Morgan fingerprint density at radius 2 is 2.45 bits per heavy atom. The average molecular weight is 153 g/mol. The van der Waals surface area contributed by atoms with Crippen molar-refractivity contribution in [3.05, 3.63) is 17.7 Å². The van der Waals surface area contributed by atoms with Gasteiger partial charge in [-0.2, -0.15) is 0 Å². The number of H-pyrrole nitrogens is 1. The van der Waals surface area contributed by atoms with Crippen LogP contribution in [0.4, 0.5) is 0 Å². The predicted molar refractivity (Wildman–Crippen MR) is 45.3 cm³/mol. The molecular formula is C8H15N3. The van der Waals surface area contributed by atoms with E-state index in [-0.39, 0.29) is 6.04 Å². The molecule has 0 saturated carbocycles. The minimum Gasteiger partial charge on any atom is -0.348 e. The van der Waals surface area contributed by atoms with Crippen LogP contribution in [0, 0.1) is 6.92 Å². The van der Waals surface area contributed by atoms with Crippen LogP contribution in [0.15, 0.2) is 6.33 Å². The summed E-state index contributed by atoms with van der Waals surface area (Å²) >= 11 is 0. The van der Waals surface area contributed by atoms with Crippen molar-refractivity contribution in [2.75, 3.05) is 0 Å². The third-order valence-corrected chi connectivity index (χ3v) is 1.91. The molecule has 0 aliphatic heterocycles. The van der Waals surface area contributed by atoms with Gasteiger partial charge < -0.3 is 10.7 Å². The third kappa shape index (κ3) is 2.05. The van der Waals surface area contributed by atoms with Crippen LogP contribution in [0.25, 0.3) is 0 Å². The summed E-state index contributed by atoms with van der Waals surface area (Å²) in [5.74, 6) is 0. The number of imidazole rings is 1. The molecule has 0 aliphatic rings. The van der Waals surface area contributed by atoms with Crippen molar-refractivity contribution in [3.63, 3.8) is 0 Å². The van der Waals surface area contributed by atoms with E-state index in [1.54, 1.807) is 6.33 Å². The molecule has 1 aromatic heterocycles. The molecular weight excluding hydrogens is 138 g/mol. The van der Waals surface area contributed by atoms with Crippen LogP contribution in [-0.4, -0.2) is 16.0 Å². The second-order valence-corrected chi connectivity index (χ2v) is 2.85.